The van der Waals surface area contributed by atoms with E-state index in [-0.39, 0.29) is 44.0 Å². The number of carbonyl (C=O) groups excluding carboxylic acids is 3. The van der Waals surface area contributed by atoms with E-state index in [2.05, 4.69) is 63.3 Å². The Balaban J connectivity index is 4.43. The zero-order chi connectivity index (χ0) is 46.5. The third-order valence-electron chi connectivity index (χ3n) is 12.1. The van der Waals surface area contributed by atoms with Gasteiger partial charge in [-0.15, -0.1) is 0 Å². The van der Waals surface area contributed by atoms with Crippen molar-refractivity contribution in [3.63, 3.8) is 0 Å². The fourth-order valence-corrected chi connectivity index (χ4v) is 7.90. The third kappa shape index (κ3) is 50.4. The van der Waals surface area contributed by atoms with Gasteiger partial charge in [-0.2, -0.15) is 0 Å². The summed E-state index contributed by atoms with van der Waals surface area (Å²) in [6.07, 6.45) is 64.0. The molecule has 0 rings (SSSR count). The molecular formula is C58H104O6. The van der Waals surface area contributed by atoms with Gasteiger partial charge in [-0.25, -0.2) is 0 Å². The fraction of sp³-hybridized carbons (Fsp3) is 0.810. The molecular weight excluding hydrogens is 793 g/mol. The molecule has 0 spiro atoms. The molecule has 0 bridgehead atoms. The Labute approximate surface area is 397 Å². The summed E-state index contributed by atoms with van der Waals surface area (Å²) < 4.78 is 16.8. The number of hydrogen-bond acceptors (Lipinski definition) is 6. The van der Waals surface area contributed by atoms with Gasteiger partial charge in [-0.1, -0.05) is 249 Å². The van der Waals surface area contributed by atoms with Crippen molar-refractivity contribution in [3.05, 3.63) is 48.6 Å². The summed E-state index contributed by atoms with van der Waals surface area (Å²) in [5, 5.41) is 0. The van der Waals surface area contributed by atoms with Gasteiger partial charge in [0, 0.05) is 19.3 Å². The van der Waals surface area contributed by atoms with Crippen LogP contribution in [-0.2, 0) is 28.6 Å². The lowest BCUT2D eigenvalue weighted by molar-refractivity contribution is -0.166. The fourth-order valence-electron chi connectivity index (χ4n) is 7.90. The van der Waals surface area contributed by atoms with Crippen LogP contribution in [0.4, 0.5) is 0 Å². The minimum atomic E-state index is -0.806. The summed E-state index contributed by atoms with van der Waals surface area (Å²) in [4.78, 5) is 38.0. The number of allylic oxidation sites excluding steroid dienone is 8. The standard InChI is InChI=1S/C58H104O6/c1-4-7-10-13-16-19-22-25-27-29-31-33-36-39-42-45-48-51-57(60)63-54-55(53-62-56(59)50-47-44-41-38-35-32-24-21-18-15-12-9-6-3)64-58(61)52-49-46-43-40-37-34-30-28-26-23-20-17-14-11-8-5-2/h28,30,32,34-35,37,41,44,55H,4-27,29,31,33,36,38-40,42-43,45-54H2,1-3H3/b30-28-,35-32-,37-34-,44-41-. The topological polar surface area (TPSA) is 78.9 Å². The number of hydrogen-bond donors (Lipinski definition) is 0. The van der Waals surface area contributed by atoms with Crippen LogP contribution in [0.2, 0.25) is 0 Å². The highest BCUT2D eigenvalue weighted by Gasteiger charge is 2.19. The molecule has 0 aromatic carbocycles. The number of rotatable bonds is 50. The van der Waals surface area contributed by atoms with Crippen LogP contribution in [0.15, 0.2) is 48.6 Å². The van der Waals surface area contributed by atoms with Gasteiger partial charge >= 0.3 is 17.9 Å². The highest BCUT2D eigenvalue weighted by Crippen LogP contribution is 2.16. The minimum Gasteiger partial charge on any atom is -0.462 e. The van der Waals surface area contributed by atoms with Crippen molar-refractivity contribution >= 4 is 17.9 Å². The SMILES string of the molecule is CCCCCCCC/C=C\C/C=C\CCC(=O)OCC(COC(=O)CCCCCCCCCCCCCCCCCCC)OC(=O)CCCCC/C=C\C=C/CCCCCCCCC. The summed E-state index contributed by atoms with van der Waals surface area (Å²) in [6, 6.07) is 0. The molecule has 0 aliphatic carbocycles. The van der Waals surface area contributed by atoms with Crippen molar-refractivity contribution < 1.29 is 28.6 Å². The summed E-state index contributed by atoms with van der Waals surface area (Å²) in [5.41, 5.74) is 0. The molecule has 0 aromatic rings. The average molecular weight is 897 g/mol. The first kappa shape index (κ1) is 61.4. The highest BCUT2D eigenvalue weighted by atomic mass is 16.6. The van der Waals surface area contributed by atoms with E-state index in [0.717, 1.165) is 64.2 Å². The van der Waals surface area contributed by atoms with Crippen LogP contribution in [-0.4, -0.2) is 37.2 Å². The van der Waals surface area contributed by atoms with Crippen LogP contribution in [0.3, 0.4) is 0 Å². The van der Waals surface area contributed by atoms with Crippen molar-refractivity contribution in [2.75, 3.05) is 13.2 Å². The van der Waals surface area contributed by atoms with Crippen LogP contribution in [0, 0.1) is 0 Å². The van der Waals surface area contributed by atoms with Crippen LogP contribution in [0.1, 0.15) is 284 Å². The van der Waals surface area contributed by atoms with Crippen LogP contribution in [0.5, 0.6) is 0 Å². The lowest BCUT2D eigenvalue weighted by Crippen LogP contribution is -2.30. The van der Waals surface area contributed by atoms with Crippen molar-refractivity contribution in [2.24, 2.45) is 0 Å². The molecule has 0 aliphatic heterocycles. The van der Waals surface area contributed by atoms with Crippen LogP contribution in [0.25, 0.3) is 0 Å². The van der Waals surface area contributed by atoms with E-state index in [9.17, 15) is 14.4 Å². The summed E-state index contributed by atoms with van der Waals surface area (Å²) in [5.74, 6) is -0.985. The van der Waals surface area contributed by atoms with Crippen molar-refractivity contribution in [1.82, 2.24) is 0 Å². The third-order valence-corrected chi connectivity index (χ3v) is 12.1. The predicted octanol–water partition coefficient (Wildman–Crippen LogP) is 18.3. The quantitative estimate of drug-likeness (QED) is 0.0199. The summed E-state index contributed by atoms with van der Waals surface area (Å²) >= 11 is 0. The zero-order valence-electron chi connectivity index (χ0n) is 42.6. The molecule has 1 atom stereocenters. The summed E-state index contributed by atoms with van der Waals surface area (Å²) in [6.45, 7) is 6.58. The van der Waals surface area contributed by atoms with Crippen LogP contribution >= 0.6 is 0 Å². The second-order valence-electron chi connectivity index (χ2n) is 18.5. The van der Waals surface area contributed by atoms with Crippen molar-refractivity contribution in [3.8, 4) is 0 Å². The van der Waals surface area contributed by atoms with E-state index in [1.165, 1.54) is 173 Å². The average Bonchev–Trinajstić information content (AvgIpc) is 3.29. The molecule has 6 heteroatoms. The lowest BCUT2D eigenvalue weighted by Gasteiger charge is -2.18. The molecule has 0 saturated carbocycles. The van der Waals surface area contributed by atoms with E-state index in [4.69, 9.17) is 14.2 Å². The first-order chi connectivity index (χ1) is 31.5. The Hall–Kier alpha value is -2.63. The molecule has 0 fully saturated rings. The summed E-state index contributed by atoms with van der Waals surface area (Å²) in [7, 11) is 0. The van der Waals surface area contributed by atoms with E-state index < -0.39 is 6.10 Å². The second-order valence-corrected chi connectivity index (χ2v) is 18.5. The maximum atomic E-state index is 12.8. The van der Waals surface area contributed by atoms with Gasteiger partial charge in [0.1, 0.15) is 13.2 Å². The first-order valence-corrected chi connectivity index (χ1v) is 27.7. The Morgan fingerprint density at radius 2 is 0.641 bits per heavy atom. The number of unbranched alkanes of at least 4 members (excludes halogenated alkanes) is 32. The largest absolute Gasteiger partial charge is 0.462 e. The van der Waals surface area contributed by atoms with Gasteiger partial charge in [-0.05, 0) is 64.2 Å². The van der Waals surface area contributed by atoms with Gasteiger partial charge in [0.15, 0.2) is 6.10 Å². The molecule has 0 amide bonds. The van der Waals surface area contributed by atoms with E-state index in [0.29, 0.717) is 12.8 Å². The molecule has 0 saturated heterocycles. The zero-order valence-corrected chi connectivity index (χ0v) is 42.6. The van der Waals surface area contributed by atoms with Gasteiger partial charge in [0.25, 0.3) is 0 Å². The van der Waals surface area contributed by atoms with E-state index in [1.54, 1.807) is 0 Å². The maximum Gasteiger partial charge on any atom is 0.306 e. The number of esters is 3. The van der Waals surface area contributed by atoms with E-state index >= 15 is 0 Å². The minimum absolute atomic E-state index is 0.0982. The van der Waals surface area contributed by atoms with Gasteiger partial charge < -0.3 is 14.2 Å². The molecule has 0 aliphatic rings. The van der Waals surface area contributed by atoms with Gasteiger partial charge in [-0.3, -0.25) is 14.4 Å². The highest BCUT2D eigenvalue weighted by molar-refractivity contribution is 5.71. The van der Waals surface area contributed by atoms with Gasteiger partial charge in [0.05, 0.1) is 0 Å². The Morgan fingerprint density at radius 3 is 1.06 bits per heavy atom. The molecule has 372 valence electrons. The molecule has 6 nitrogen and oxygen atoms in total. The Morgan fingerprint density at radius 1 is 0.328 bits per heavy atom. The Kier molecular flexibility index (Phi) is 50.8. The van der Waals surface area contributed by atoms with Gasteiger partial charge in [0.2, 0.25) is 0 Å². The lowest BCUT2D eigenvalue weighted by atomic mass is 10.0. The molecule has 0 aromatic heterocycles. The predicted molar refractivity (Wildman–Crippen MR) is 275 cm³/mol. The van der Waals surface area contributed by atoms with Crippen molar-refractivity contribution in [1.29, 1.82) is 0 Å². The molecule has 0 heterocycles. The normalized spacial score (nSPS) is 12.4. The molecule has 0 N–H and O–H groups in total. The molecule has 1 unspecified atom stereocenters. The first-order valence-electron chi connectivity index (χ1n) is 27.7. The molecule has 64 heavy (non-hydrogen) atoms. The second kappa shape index (κ2) is 53.0. The maximum absolute atomic E-state index is 12.8. The van der Waals surface area contributed by atoms with Crippen LogP contribution < -0.4 is 0 Å². The Bertz CT molecular complexity index is 1120. The van der Waals surface area contributed by atoms with Crippen molar-refractivity contribution in [2.45, 2.75) is 290 Å². The van der Waals surface area contributed by atoms with E-state index in [1.807, 2.05) is 6.08 Å². The number of ether oxygens (including phenoxy) is 3. The number of carbonyl (C=O) groups is 3. The monoisotopic (exact) mass is 897 g/mol. The smallest absolute Gasteiger partial charge is 0.306 e. The molecule has 0 radical (unpaired) electrons.